The van der Waals surface area contributed by atoms with E-state index in [2.05, 4.69) is 4.98 Å². The third kappa shape index (κ3) is 2.08. The Balaban J connectivity index is 2.42. The summed E-state index contributed by atoms with van der Waals surface area (Å²) in [7, 11) is 0. The maximum absolute atomic E-state index is 10.9. The predicted octanol–water partition coefficient (Wildman–Crippen LogP) is 2.76. The fourth-order valence-electron chi connectivity index (χ4n) is 1.55. The van der Waals surface area contributed by atoms with Crippen molar-refractivity contribution in [3.8, 4) is 11.7 Å². The van der Waals surface area contributed by atoms with Gasteiger partial charge in [0.15, 0.2) is 5.76 Å². The number of oxazole rings is 1. The topological polar surface area (TPSA) is 76.5 Å². The van der Waals surface area contributed by atoms with Crippen molar-refractivity contribution in [3.05, 3.63) is 29.3 Å². The molecule has 17 heavy (non-hydrogen) atoms. The van der Waals surface area contributed by atoms with Gasteiger partial charge in [-0.25, -0.2) is 9.78 Å². The summed E-state index contributed by atoms with van der Waals surface area (Å²) in [4.78, 5) is 15.0. The van der Waals surface area contributed by atoms with Gasteiger partial charge in [-0.2, -0.15) is 0 Å². The maximum atomic E-state index is 10.9. The number of rotatable bonds is 4. The van der Waals surface area contributed by atoms with Gasteiger partial charge in [-0.1, -0.05) is 13.8 Å². The average molecular weight is 235 g/mol. The van der Waals surface area contributed by atoms with E-state index in [1.807, 2.05) is 19.9 Å². The first-order valence-corrected chi connectivity index (χ1v) is 5.47. The summed E-state index contributed by atoms with van der Waals surface area (Å²) in [5, 5.41) is 8.94. The second-order valence-electron chi connectivity index (χ2n) is 3.57. The molecule has 0 amide bonds. The first kappa shape index (κ1) is 11.4. The van der Waals surface area contributed by atoms with Crippen molar-refractivity contribution in [1.29, 1.82) is 0 Å². The van der Waals surface area contributed by atoms with E-state index >= 15 is 0 Å². The van der Waals surface area contributed by atoms with Gasteiger partial charge in [0.05, 0.1) is 5.69 Å². The lowest BCUT2D eigenvalue weighted by Gasteiger charge is -1.89. The number of hydrogen-bond donors (Lipinski definition) is 1. The maximum Gasteiger partial charge on any atom is 0.373 e. The predicted molar refractivity (Wildman–Crippen MR) is 59.9 cm³/mol. The van der Waals surface area contributed by atoms with Crippen LogP contribution in [0.25, 0.3) is 11.7 Å². The average Bonchev–Trinajstić information content (AvgIpc) is 2.94. The van der Waals surface area contributed by atoms with Gasteiger partial charge in [0.25, 0.3) is 5.89 Å². The van der Waals surface area contributed by atoms with E-state index in [0.717, 1.165) is 12.2 Å². The molecule has 0 saturated heterocycles. The van der Waals surface area contributed by atoms with Crippen LogP contribution >= 0.6 is 0 Å². The highest BCUT2D eigenvalue weighted by atomic mass is 16.4. The SMILES string of the molecule is CCc1ccc(-c2nc(CC)c(C(=O)O)o2)o1. The number of aryl methyl sites for hydroxylation is 2. The van der Waals surface area contributed by atoms with Crippen LogP contribution in [0.15, 0.2) is 21.0 Å². The van der Waals surface area contributed by atoms with E-state index < -0.39 is 5.97 Å². The Bertz CT molecular complexity index is 538. The second-order valence-corrected chi connectivity index (χ2v) is 3.57. The molecule has 2 aromatic rings. The quantitative estimate of drug-likeness (QED) is 0.881. The fraction of sp³-hybridized carbons (Fsp3) is 0.333. The van der Waals surface area contributed by atoms with Gasteiger partial charge < -0.3 is 13.9 Å². The zero-order chi connectivity index (χ0) is 12.4. The van der Waals surface area contributed by atoms with E-state index in [9.17, 15) is 4.79 Å². The minimum absolute atomic E-state index is 0.114. The molecule has 0 bridgehead atoms. The zero-order valence-corrected chi connectivity index (χ0v) is 9.69. The Morgan fingerprint density at radius 1 is 1.29 bits per heavy atom. The molecule has 5 nitrogen and oxygen atoms in total. The highest BCUT2D eigenvalue weighted by Crippen LogP contribution is 2.24. The largest absolute Gasteiger partial charge is 0.475 e. The number of furan rings is 1. The zero-order valence-electron chi connectivity index (χ0n) is 9.69. The summed E-state index contributed by atoms with van der Waals surface area (Å²) in [6.07, 6.45) is 1.28. The van der Waals surface area contributed by atoms with Gasteiger partial charge in [-0.3, -0.25) is 0 Å². The van der Waals surface area contributed by atoms with Crippen LogP contribution in [-0.4, -0.2) is 16.1 Å². The molecule has 0 unspecified atom stereocenters. The van der Waals surface area contributed by atoms with Crippen molar-refractivity contribution in [3.63, 3.8) is 0 Å². The summed E-state index contributed by atoms with van der Waals surface area (Å²) in [6, 6.07) is 3.56. The van der Waals surface area contributed by atoms with E-state index in [4.69, 9.17) is 13.9 Å². The van der Waals surface area contributed by atoms with Gasteiger partial charge in [-0.15, -0.1) is 0 Å². The molecule has 0 aliphatic rings. The summed E-state index contributed by atoms with van der Waals surface area (Å²) >= 11 is 0. The Hall–Kier alpha value is -2.04. The molecule has 0 spiro atoms. The number of carboxylic acids is 1. The molecule has 0 aliphatic carbocycles. The van der Waals surface area contributed by atoms with Crippen LogP contribution in [0.4, 0.5) is 0 Å². The van der Waals surface area contributed by atoms with Crippen molar-refractivity contribution in [2.24, 2.45) is 0 Å². The minimum atomic E-state index is -1.11. The molecule has 2 heterocycles. The highest BCUT2D eigenvalue weighted by molar-refractivity contribution is 5.86. The smallest absolute Gasteiger partial charge is 0.373 e. The van der Waals surface area contributed by atoms with Crippen molar-refractivity contribution >= 4 is 5.97 Å². The molecule has 2 rings (SSSR count). The molecule has 0 aliphatic heterocycles. The van der Waals surface area contributed by atoms with Gasteiger partial charge >= 0.3 is 5.97 Å². The van der Waals surface area contributed by atoms with E-state index in [0.29, 0.717) is 17.9 Å². The minimum Gasteiger partial charge on any atom is -0.475 e. The Labute approximate surface area is 98.1 Å². The molecule has 0 aromatic carbocycles. The summed E-state index contributed by atoms with van der Waals surface area (Å²) in [6.45, 7) is 3.80. The van der Waals surface area contributed by atoms with Crippen molar-refractivity contribution < 1.29 is 18.7 Å². The highest BCUT2D eigenvalue weighted by Gasteiger charge is 2.20. The first-order valence-electron chi connectivity index (χ1n) is 5.47. The van der Waals surface area contributed by atoms with Crippen LogP contribution in [0.2, 0.25) is 0 Å². The Morgan fingerprint density at radius 3 is 2.53 bits per heavy atom. The van der Waals surface area contributed by atoms with Crippen molar-refractivity contribution in [2.75, 3.05) is 0 Å². The van der Waals surface area contributed by atoms with Crippen LogP contribution in [0.3, 0.4) is 0 Å². The monoisotopic (exact) mass is 235 g/mol. The molecular formula is C12H13NO4. The fourth-order valence-corrected chi connectivity index (χ4v) is 1.55. The molecule has 0 atom stereocenters. The normalized spacial score (nSPS) is 10.7. The van der Waals surface area contributed by atoms with Gasteiger partial charge in [0.1, 0.15) is 5.76 Å². The van der Waals surface area contributed by atoms with Gasteiger partial charge in [-0.05, 0) is 18.6 Å². The lowest BCUT2D eigenvalue weighted by Crippen LogP contribution is -1.98. The summed E-state index contributed by atoms with van der Waals surface area (Å²) in [5.41, 5.74) is 0.432. The molecule has 90 valence electrons. The molecule has 0 saturated carbocycles. The van der Waals surface area contributed by atoms with E-state index in [1.54, 1.807) is 6.07 Å². The van der Waals surface area contributed by atoms with Crippen molar-refractivity contribution in [1.82, 2.24) is 4.98 Å². The number of carbonyl (C=O) groups is 1. The molecular weight excluding hydrogens is 222 g/mol. The van der Waals surface area contributed by atoms with E-state index in [1.165, 1.54) is 0 Å². The Morgan fingerprint density at radius 2 is 2.06 bits per heavy atom. The first-order chi connectivity index (χ1) is 8.15. The van der Waals surface area contributed by atoms with Gasteiger partial charge in [0.2, 0.25) is 5.76 Å². The molecule has 0 fully saturated rings. The molecule has 5 heteroatoms. The van der Waals surface area contributed by atoms with Crippen LogP contribution < -0.4 is 0 Å². The third-order valence-electron chi connectivity index (χ3n) is 2.45. The van der Waals surface area contributed by atoms with E-state index in [-0.39, 0.29) is 11.7 Å². The molecule has 2 aromatic heterocycles. The number of aromatic nitrogens is 1. The molecule has 1 N–H and O–H groups in total. The van der Waals surface area contributed by atoms with Gasteiger partial charge in [0, 0.05) is 6.42 Å². The molecule has 0 radical (unpaired) electrons. The Kier molecular flexibility index (Phi) is 2.99. The lowest BCUT2D eigenvalue weighted by molar-refractivity contribution is 0.0661. The van der Waals surface area contributed by atoms with Crippen molar-refractivity contribution in [2.45, 2.75) is 26.7 Å². The number of nitrogens with zero attached hydrogens (tertiary/aromatic N) is 1. The number of aromatic carboxylic acids is 1. The van der Waals surface area contributed by atoms with Crippen LogP contribution in [0.1, 0.15) is 35.9 Å². The standard InChI is InChI=1S/C12H13NO4/c1-3-7-5-6-9(16-7)11-13-8(4-2)10(17-11)12(14)15/h5-6H,3-4H2,1-2H3,(H,14,15). The van der Waals surface area contributed by atoms with Crippen LogP contribution in [-0.2, 0) is 12.8 Å². The summed E-state index contributed by atoms with van der Waals surface area (Å²) in [5.74, 6) is 0.274. The third-order valence-corrected chi connectivity index (χ3v) is 2.45. The summed E-state index contributed by atoms with van der Waals surface area (Å²) < 4.78 is 10.7. The van der Waals surface area contributed by atoms with Crippen LogP contribution in [0, 0.1) is 0 Å². The lowest BCUT2D eigenvalue weighted by atomic mass is 10.3. The second kappa shape index (κ2) is 4.45. The number of carboxylic acid groups (broad SMARTS) is 1. The number of hydrogen-bond acceptors (Lipinski definition) is 4. The van der Waals surface area contributed by atoms with Crippen LogP contribution in [0.5, 0.6) is 0 Å².